The summed E-state index contributed by atoms with van der Waals surface area (Å²) in [6, 6.07) is 17.4. The van der Waals surface area contributed by atoms with Crippen LogP contribution in [0.25, 0.3) is 16.6 Å². The number of aromatic nitrogens is 3. The van der Waals surface area contributed by atoms with Gasteiger partial charge in [-0.3, -0.25) is 4.90 Å². The zero-order valence-corrected chi connectivity index (χ0v) is 21.0. The van der Waals surface area contributed by atoms with E-state index < -0.39 is 5.97 Å². The van der Waals surface area contributed by atoms with Crippen molar-refractivity contribution in [2.24, 2.45) is 7.05 Å². The van der Waals surface area contributed by atoms with Gasteiger partial charge in [0.2, 0.25) is 0 Å². The molecule has 1 N–H and O–H groups in total. The molecule has 0 bridgehead atoms. The van der Waals surface area contributed by atoms with Crippen molar-refractivity contribution in [2.75, 3.05) is 13.1 Å². The molecule has 0 aliphatic carbocycles. The van der Waals surface area contributed by atoms with Gasteiger partial charge in [0.1, 0.15) is 11.6 Å². The third-order valence-corrected chi connectivity index (χ3v) is 7.47. The van der Waals surface area contributed by atoms with Gasteiger partial charge >= 0.3 is 5.97 Å². The van der Waals surface area contributed by atoms with Crippen molar-refractivity contribution < 1.29 is 14.3 Å². The Morgan fingerprint density at radius 1 is 1.19 bits per heavy atom. The van der Waals surface area contributed by atoms with E-state index in [0.29, 0.717) is 23.4 Å². The third-order valence-electron chi connectivity index (χ3n) is 6.49. The van der Waals surface area contributed by atoms with Crippen LogP contribution in [0.3, 0.4) is 0 Å². The number of fused-ring (bicyclic) bond motifs is 1. The van der Waals surface area contributed by atoms with Crippen LogP contribution < -0.4 is 0 Å². The first kappa shape index (κ1) is 24.7. The number of thioether (sulfide) groups is 1. The van der Waals surface area contributed by atoms with Gasteiger partial charge < -0.3 is 9.67 Å². The molecule has 0 unspecified atom stereocenters. The van der Waals surface area contributed by atoms with E-state index in [-0.39, 0.29) is 11.4 Å². The minimum atomic E-state index is -0.948. The zero-order chi connectivity index (χ0) is 25.9. The van der Waals surface area contributed by atoms with Gasteiger partial charge in [0, 0.05) is 25.9 Å². The lowest BCUT2D eigenvalue weighted by molar-refractivity contribution is 0.0697. The molecule has 0 atom stereocenters. The number of aromatic carboxylic acids is 1. The molecule has 1 aliphatic heterocycles. The molecule has 0 spiro atoms. The monoisotopic (exact) mass is 513 g/mol. The van der Waals surface area contributed by atoms with Gasteiger partial charge in [0.05, 0.1) is 45.5 Å². The number of hydrogen-bond acceptors (Lipinski definition) is 6. The molecule has 2 aromatic heterocycles. The zero-order valence-electron chi connectivity index (χ0n) is 20.2. The summed E-state index contributed by atoms with van der Waals surface area (Å²) in [5, 5.41) is 19.0. The first-order chi connectivity index (χ1) is 17.9. The number of nitrogens with zero attached hydrogens (tertiary/aromatic N) is 5. The van der Waals surface area contributed by atoms with E-state index in [4.69, 9.17) is 15.2 Å². The van der Waals surface area contributed by atoms with E-state index >= 15 is 0 Å². The fourth-order valence-corrected chi connectivity index (χ4v) is 5.24. The van der Waals surface area contributed by atoms with Gasteiger partial charge in [0.25, 0.3) is 0 Å². The molecule has 0 amide bonds. The molecule has 9 heteroatoms. The molecule has 3 heterocycles. The highest BCUT2D eigenvalue weighted by atomic mass is 32.2. The van der Waals surface area contributed by atoms with E-state index in [0.717, 1.165) is 47.1 Å². The SMILES string of the molecule is Cn1c(CN2CC=C(c3cccc(SCc4ccc(C#N)cc4F)n3)CC2)nc2ccc(C(=O)O)cc21. The molecule has 37 heavy (non-hydrogen) atoms. The Balaban J connectivity index is 1.24. The molecular formula is C28H24FN5O2S. The summed E-state index contributed by atoms with van der Waals surface area (Å²) < 4.78 is 16.2. The van der Waals surface area contributed by atoms with Crippen LogP contribution in [0.1, 0.15) is 39.4 Å². The number of pyridine rings is 1. The largest absolute Gasteiger partial charge is 0.478 e. The Morgan fingerprint density at radius 2 is 2.05 bits per heavy atom. The van der Waals surface area contributed by atoms with Crippen molar-refractivity contribution in [1.82, 2.24) is 19.4 Å². The van der Waals surface area contributed by atoms with Crippen LogP contribution >= 0.6 is 11.8 Å². The Labute approximate surface area is 217 Å². The van der Waals surface area contributed by atoms with Gasteiger partial charge in [-0.15, -0.1) is 11.8 Å². The van der Waals surface area contributed by atoms with Crippen molar-refractivity contribution >= 4 is 34.3 Å². The number of halogens is 1. The maximum Gasteiger partial charge on any atom is 0.335 e. The van der Waals surface area contributed by atoms with Crippen LogP contribution in [-0.4, -0.2) is 43.6 Å². The number of carboxylic acids is 1. The summed E-state index contributed by atoms with van der Waals surface area (Å²) in [6.45, 7) is 2.27. The van der Waals surface area contributed by atoms with Gasteiger partial charge in [-0.05, 0) is 60.0 Å². The predicted molar refractivity (Wildman–Crippen MR) is 140 cm³/mol. The molecule has 186 valence electrons. The summed E-state index contributed by atoms with van der Waals surface area (Å²) in [5.74, 6) is 0.00444. The maximum absolute atomic E-state index is 14.2. The number of aryl methyl sites for hydroxylation is 1. The number of carbonyl (C=O) groups is 1. The second-order valence-electron chi connectivity index (χ2n) is 8.88. The van der Waals surface area contributed by atoms with Crippen molar-refractivity contribution in [3.05, 3.63) is 94.7 Å². The number of nitriles is 1. The van der Waals surface area contributed by atoms with Crippen LogP contribution in [-0.2, 0) is 19.3 Å². The molecule has 1 aliphatic rings. The lowest BCUT2D eigenvalue weighted by Gasteiger charge is -2.26. The second kappa shape index (κ2) is 10.5. The number of hydrogen-bond donors (Lipinski definition) is 1. The minimum Gasteiger partial charge on any atom is -0.478 e. The van der Waals surface area contributed by atoms with Crippen LogP contribution in [0.4, 0.5) is 4.39 Å². The fourth-order valence-electron chi connectivity index (χ4n) is 4.36. The molecule has 5 rings (SSSR count). The van der Waals surface area contributed by atoms with Crippen molar-refractivity contribution in [3.63, 3.8) is 0 Å². The van der Waals surface area contributed by atoms with Gasteiger partial charge in [-0.1, -0.05) is 18.2 Å². The fraction of sp³-hybridized carbons (Fsp3) is 0.214. The lowest BCUT2D eigenvalue weighted by atomic mass is 10.0. The Morgan fingerprint density at radius 3 is 2.78 bits per heavy atom. The third kappa shape index (κ3) is 5.40. The molecule has 2 aromatic carbocycles. The number of carboxylic acid groups (broad SMARTS) is 1. The van der Waals surface area contributed by atoms with E-state index in [1.165, 1.54) is 23.4 Å². The molecule has 4 aromatic rings. The van der Waals surface area contributed by atoms with Gasteiger partial charge in [0.15, 0.2) is 0 Å². The Bertz CT molecular complexity index is 1570. The molecule has 0 fully saturated rings. The standard InChI is InChI=1S/C28H24FN5O2S/c1-33-25-14-20(28(35)36)7-8-24(25)31-26(33)16-34-11-9-19(10-12-34)23-3-2-4-27(32-23)37-17-21-6-5-18(15-30)13-22(21)29/h2-9,13-14H,10-12,16-17H2,1H3,(H,35,36). The minimum absolute atomic E-state index is 0.252. The molecule has 7 nitrogen and oxygen atoms in total. The topological polar surface area (TPSA) is 95.0 Å². The highest BCUT2D eigenvalue weighted by Crippen LogP contribution is 2.27. The average Bonchev–Trinajstić information content (AvgIpc) is 3.22. The molecule has 0 saturated carbocycles. The van der Waals surface area contributed by atoms with Crippen LogP contribution in [0.15, 0.2) is 65.7 Å². The molecular weight excluding hydrogens is 489 g/mol. The Kier molecular flexibility index (Phi) is 7.04. The highest BCUT2D eigenvalue weighted by molar-refractivity contribution is 7.98. The van der Waals surface area contributed by atoms with Crippen molar-refractivity contribution in [3.8, 4) is 6.07 Å². The number of benzene rings is 2. The smallest absolute Gasteiger partial charge is 0.335 e. The summed E-state index contributed by atoms with van der Waals surface area (Å²) in [7, 11) is 1.92. The second-order valence-corrected chi connectivity index (χ2v) is 9.87. The lowest BCUT2D eigenvalue weighted by Crippen LogP contribution is -2.29. The Hall–Kier alpha value is -4.00. The van der Waals surface area contributed by atoms with Crippen LogP contribution in [0.5, 0.6) is 0 Å². The average molecular weight is 514 g/mol. The van der Waals surface area contributed by atoms with Crippen LogP contribution in [0.2, 0.25) is 0 Å². The normalized spacial score (nSPS) is 13.9. The summed E-state index contributed by atoms with van der Waals surface area (Å²) in [5.41, 5.74) is 4.81. The quantitative estimate of drug-likeness (QED) is 0.337. The summed E-state index contributed by atoms with van der Waals surface area (Å²) in [4.78, 5) is 23.1. The van der Waals surface area contributed by atoms with Gasteiger partial charge in [-0.25, -0.2) is 19.2 Å². The number of imidazole rings is 1. The van der Waals surface area contributed by atoms with Crippen molar-refractivity contribution in [1.29, 1.82) is 5.26 Å². The maximum atomic E-state index is 14.2. The molecule has 0 saturated heterocycles. The van der Waals surface area contributed by atoms with Crippen molar-refractivity contribution in [2.45, 2.75) is 23.7 Å². The van der Waals surface area contributed by atoms with E-state index in [9.17, 15) is 14.3 Å². The van der Waals surface area contributed by atoms with Crippen LogP contribution in [0, 0.1) is 17.1 Å². The van der Waals surface area contributed by atoms with E-state index in [1.807, 2.05) is 35.9 Å². The highest BCUT2D eigenvalue weighted by Gasteiger charge is 2.18. The first-order valence-electron chi connectivity index (χ1n) is 11.8. The number of rotatable bonds is 7. The summed E-state index contributed by atoms with van der Waals surface area (Å²) in [6.07, 6.45) is 3.03. The predicted octanol–water partition coefficient (Wildman–Crippen LogP) is 5.26. The van der Waals surface area contributed by atoms with E-state index in [1.54, 1.807) is 30.3 Å². The first-order valence-corrected chi connectivity index (χ1v) is 12.8. The van der Waals surface area contributed by atoms with E-state index in [2.05, 4.69) is 11.0 Å². The summed E-state index contributed by atoms with van der Waals surface area (Å²) >= 11 is 1.47. The van der Waals surface area contributed by atoms with Gasteiger partial charge in [-0.2, -0.15) is 5.26 Å². The molecule has 0 radical (unpaired) electrons.